The van der Waals surface area contributed by atoms with Crippen molar-refractivity contribution in [3.8, 4) is 23.0 Å². The van der Waals surface area contributed by atoms with E-state index in [4.69, 9.17) is 0 Å². The number of phenolic OH excluding ortho intramolecular Hbond substituents is 4. The van der Waals surface area contributed by atoms with E-state index in [9.17, 15) is 35.3 Å². The van der Waals surface area contributed by atoms with Gasteiger partial charge < -0.3 is 62.4 Å². The van der Waals surface area contributed by atoms with E-state index in [0.717, 1.165) is 6.29 Å². The van der Waals surface area contributed by atoms with E-state index in [2.05, 4.69) is 61.8 Å². The first-order chi connectivity index (χ1) is 30.5. The van der Waals surface area contributed by atoms with Gasteiger partial charge in [0.05, 0.1) is 0 Å². The minimum Gasteiger partial charge on any atom is -0.508 e. The molecule has 0 radical (unpaired) electrons. The molecule has 8 aromatic rings. The lowest BCUT2D eigenvalue weighted by atomic mass is 9.80. The second kappa shape index (κ2) is 19.8. The number of aromatic hydroxyl groups is 4. The van der Waals surface area contributed by atoms with E-state index in [1.54, 1.807) is 121 Å². The Morgan fingerprint density at radius 1 is 0.333 bits per heavy atom. The Balaban J connectivity index is 0.000000189. The van der Waals surface area contributed by atoms with Gasteiger partial charge in [-0.25, -0.2) is 0 Å². The molecule has 0 saturated heterocycles. The van der Waals surface area contributed by atoms with Crippen LogP contribution in [0.4, 0.5) is 69.8 Å². The molecule has 0 atom stereocenters. The van der Waals surface area contributed by atoms with Crippen LogP contribution in [0.15, 0.2) is 146 Å². The van der Waals surface area contributed by atoms with Crippen LogP contribution < -0.4 is 37.4 Å². The van der Waals surface area contributed by atoms with Crippen molar-refractivity contribution >= 4 is 88.7 Å². The van der Waals surface area contributed by atoms with Crippen LogP contribution in [-0.2, 0) is 0 Å². The molecule has 0 spiro atoms. The van der Waals surface area contributed by atoms with E-state index in [1.807, 2.05) is 0 Å². The number of aromatic nitrogens is 6. The summed E-state index contributed by atoms with van der Waals surface area (Å²) in [5.74, 6) is 2.13. The van der Waals surface area contributed by atoms with Crippen LogP contribution in [0.1, 0.15) is 10.4 Å². The average molecular weight is 845 g/mol. The molecular formula is C43H37BN12O7. The molecule has 20 heteroatoms. The van der Waals surface area contributed by atoms with Crippen molar-refractivity contribution < 1.29 is 35.3 Å². The summed E-state index contributed by atoms with van der Waals surface area (Å²) >= 11 is 0. The zero-order chi connectivity index (χ0) is 44.1. The van der Waals surface area contributed by atoms with E-state index in [0.29, 0.717) is 45.2 Å². The molecule has 0 bridgehead atoms. The smallest absolute Gasteiger partial charge is 0.488 e. The number of rotatable bonds is 14. The van der Waals surface area contributed by atoms with Gasteiger partial charge in [0.25, 0.3) is 0 Å². The Bertz CT molecular complexity index is 2620. The number of aldehydes is 1. The number of benzene rings is 6. The highest BCUT2D eigenvalue weighted by molar-refractivity contribution is 6.58. The Labute approximate surface area is 359 Å². The molecule has 8 rings (SSSR count). The maximum Gasteiger partial charge on any atom is 0.488 e. The van der Waals surface area contributed by atoms with E-state index >= 15 is 0 Å². The standard InChI is InChI=1S/C22H18N6O3.C21H19BN6O4/c29-13-14-1-3-15(4-2-14)23-20-26-21(24-16-5-9-18(30)10-6-16)28-22(27-20)25-17-7-11-19(31)12-8-17;29-17-9-5-15(6-10-17)24-20-26-19(23-14-3-1-13(2-4-14)22(31)32)27-21(28-20)25-16-7-11-18(30)12-8-16/h1-13,30-31H,(H3,23,24,25,26,27,28);1-12,29-32H,(H3,23,24,25,26,27,28). The number of carbonyl (C=O) groups excluding carboxylic acids is 1. The number of carbonyl (C=O) groups is 1. The van der Waals surface area contributed by atoms with E-state index in [-0.39, 0.29) is 58.7 Å². The van der Waals surface area contributed by atoms with Crippen LogP contribution in [0.3, 0.4) is 0 Å². The van der Waals surface area contributed by atoms with Gasteiger partial charge in [0.2, 0.25) is 35.7 Å². The lowest BCUT2D eigenvalue weighted by Crippen LogP contribution is -2.29. The number of hydrogen-bond acceptors (Lipinski definition) is 19. The molecule has 63 heavy (non-hydrogen) atoms. The number of hydrogen-bond donors (Lipinski definition) is 12. The van der Waals surface area contributed by atoms with Crippen LogP contribution in [-0.4, -0.2) is 73.8 Å². The molecule has 314 valence electrons. The maximum atomic E-state index is 10.9. The van der Waals surface area contributed by atoms with Crippen molar-refractivity contribution in [2.45, 2.75) is 0 Å². The number of nitrogens with one attached hydrogen (secondary N) is 6. The van der Waals surface area contributed by atoms with Crippen LogP contribution in [0, 0.1) is 0 Å². The highest BCUT2D eigenvalue weighted by atomic mass is 16.4. The third kappa shape index (κ3) is 12.5. The van der Waals surface area contributed by atoms with Gasteiger partial charge in [0, 0.05) is 39.7 Å². The van der Waals surface area contributed by atoms with Crippen molar-refractivity contribution in [1.29, 1.82) is 0 Å². The lowest BCUT2D eigenvalue weighted by molar-refractivity contribution is 0.112. The van der Waals surface area contributed by atoms with E-state index in [1.165, 1.54) is 24.3 Å². The number of phenols is 4. The Morgan fingerprint density at radius 3 is 0.746 bits per heavy atom. The largest absolute Gasteiger partial charge is 0.508 e. The van der Waals surface area contributed by atoms with E-state index < -0.39 is 7.12 Å². The van der Waals surface area contributed by atoms with Gasteiger partial charge in [-0.05, 0) is 139 Å². The fraction of sp³-hybridized carbons (Fsp3) is 0. The molecule has 0 aliphatic carbocycles. The Hall–Kier alpha value is -9.01. The minimum atomic E-state index is -1.55. The third-order valence-electron chi connectivity index (χ3n) is 8.53. The maximum absolute atomic E-state index is 10.9. The molecule has 0 fully saturated rings. The van der Waals surface area contributed by atoms with Crippen molar-refractivity contribution in [2.24, 2.45) is 0 Å². The number of nitrogens with zero attached hydrogens (tertiary/aromatic N) is 6. The molecule has 0 amide bonds. The zero-order valence-electron chi connectivity index (χ0n) is 32.8. The molecule has 0 saturated carbocycles. The van der Waals surface area contributed by atoms with Crippen LogP contribution >= 0.6 is 0 Å². The summed E-state index contributed by atoms with van der Waals surface area (Å²) < 4.78 is 0. The molecule has 0 aliphatic heterocycles. The first-order valence-corrected chi connectivity index (χ1v) is 18.8. The van der Waals surface area contributed by atoms with Gasteiger partial charge in [-0.2, -0.15) is 29.9 Å². The summed E-state index contributed by atoms with van der Waals surface area (Å²) in [5, 5.41) is 74.8. The predicted molar refractivity (Wildman–Crippen MR) is 240 cm³/mol. The van der Waals surface area contributed by atoms with Crippen molar-refractivity contribution in [1.82, 2.24) is 29.9 Å². The van der Waals surface area contributed by atoms with Gasteiger partial charge in [0.15, 0.2) is 0 Å². The fourth-order valence-electron chi connectivity index (χ4n) is 5.42. The summed E-state index contributed by atoms with van der Waals surface area (Å²) in [6.45, 7) is 0. The molecule has 0 aliphatic rings. The molecule has 0 unspecified atom stereocenters. The van der Waals surface area contributed by atoms with Gasteiger partial charge in [-0.1, -0.05) is 12.1 Å². The van der Waals surface area contributed by atoms with Crippen LogP contribution in [0.5, 0.6) is 23.0 Å². The molecule has 2 heterocycles. The second-order valence-corrected chi connectivity index (χ2v) is 13.3. The van der Waals surface area contributed by atoms with Crippen molar-refractivity contribution in [2.75, 3.05) is 31.9 Å². The van der Waals surface area contributed by atoms with Crippen molar-refractivity contribution in [3.63, 3.8) is 0 Å². The molecule has 12 N–H and O–H groups in total. The van der Waals surface area contributed by atoms with Crippen molar-refractivity contribution in [3.05, 3.63) is 151 Å². The Morgan fingerprint density at radius 2 is 0.540 bits per heavy atom. The first-order valence-electron chi connectivity index (χ1n) is 18.8. The summed E-state index contributed by atoms with van der Waals surface area (Å²) in [6, 6.07) is 39.1. The minimum absolute atomic E-state index is 0.139. The van der Waals surface area contributed by atoms with Gasteiger partial charge in [-0.3, -0.25) is 4.79 Å². The summed E-state index contributed by atoms with van der Waals surface area (Å²) in [4.78, 5) is 37.1. The number of anilines is 12. The monoisotopic (exact) mass is 844 g/mol. The molecule has 19 nitrogen and oxygen atoms in total. The second-order valence-electron chi connectivity index (χ2n) is 13.3. The SMILES string of the molecule is O=Cc1ccc(Nc2nc(Nc3ccc(O)cc3)nc(Nc3ccc(O)cc3)n2)cc1.OB(O)c1ccc(Nc2nc(Nc3ccc(O)cc3)nc(Nc3ccc(O)cc3)n2)cc1. The summed E-state index contributed by atoms with van der Waals surface area (Å²) in [7, 11) is -1.55. The van der Waals surface area contributed by atoms with Crippen LogP contribution in [0.2, 0.25) is 0 Å². The normalized spacial score (nSPS) is 10.4. The quantitative estimate of drug-likeness (QED) is 0.0315. The molecular weight excluding hydrogens is 807 g/mol. The van der Waals surface area contributed by atoms with Gasteiger partial charge >= 0.3 is 7.12 Å². The van der Waals surface area contributed by atoms with Crippen LogP contribution in [0.25, 0.3) is 0 Å². The molecule has 6 aromatic carbocycles. The average Bonchev–Trinajstić information content (AvgIpc) is 3.27. The third-order valence-corrected chi connectivity index (χ3v) is 8.53. The summed E-state index contributed by atoms with van der Waals surface area (Å²) in [5.41, 5.74) is 4.94. The summed E-state index contributed by atoms with van der Waals surface area (Å²) in [6.07, 6.45) is 0.770. The topological polar surface area (TPSA) is 288 Å². The fourth-order valence-corrected chi connectivity index (χ4v) is 5.42. The Kier molecular flexibility index (Phi) is 13.3. The molecule has 2 aromatic heterocycles. The first kappa shape index (κ1) is 42.1. The highest BCUT2D eigenvalue weighted by Gasteiger charge is 2.13. The highest BCUT2D eigenvalue weighted by Crippen LogP contribution is 2.25. The zero-order valence-corrected chi connectivity index (χ0v) is 32.8. The lowest BCUT2D eigenvalue weighted by Gasteiger charge is -2.12. The predicted octanol–water partition coefficient (Wildman–Crippen LogP) is 6.52. The van der Waals surface area contributed by atoms with Gasteiger partial charge in [-0.15, -0.1) is 0 Å². The van der Waals surface area contributed by atoms with Gasteiger partial charge in [0.1, 0.15) is 29.3 Å².